The zero-order valence-corrected chi connectivity index (χ0v) is 8.85. The summed E-state index contributed by atoms with van der Waals surface area (Å²) in [5, 5.41) is 0. The molecule has 0 bridgehead atoms. The van der Waals surface area contributed by atoms with Gasteiger partial charge < -0.3 is 4.57 Å². The van der Waals surface area contributed by atoms with Gasteiger partial charge in [0.05, 0.1) is 24.3 Å². The molecule has 0 N–H and O–H groups in total. The highest BCUT2D eigenvalue weighted by Crippen LogP contribution is 2.40. The fourth-order valence-corrected chi connectivity index (χ4v) is 2.50. The number of aromatic nitrogens is 2. The fraction of sp³-hybridized carbons (Fsp3) is 0.308. The van der Waals surface area contributed by atoms with Crippen LogP contribution in [-0.2, 0) is 0 Å². The Morgan fingerprint density at radius 3 is 3.07 bits per heavy atom. The summed E-state index contributed by atoms with van der Waals surface area (Å²) in [6.45, 7) is 2.23. The quantitative estimate of drug-likeness (QED) is 0.724. The van der Waals surface area contributed by atoms with Crippen molar-refractivity contribution in [1.29, 1.82) is 0 Å². The normalized spacial score (nSPS) is 17.5. The number of imidazole rings is 1. The third-order valence-corrected chi connectivity index (χ3v) is 3.16. The molecule has 0 saturated carbocycles. The second-order valence-electron chi connectivity index (χ2n) is 4.08. The summed E-state index contributed by atoms with van der Waals surface area (Å²) in [6, 6.07) is 9.16. The van der Waals surface area contributed by atoms with Gasteiger partial charge in [0.2, 0.25) is 0 Å². The maximum atomic E-state index is 4.24. The summed E-state index contributed by atoms with van der Waals surface area (Å²) in [7, 11) is 0. The van der Waals surface area contributed by atoms with Gasteiger partial charge in [-0.1, -0.05) is 37.6 Å². The molecule has 1 aromatic heterocycles. The molecule has 1 aliphatic rings. The molecule has 1 aliphatic heterocycles. The van der Waals surface area contributed by atoms with Gasteiger partial charge in [-0.2, -0.15) is 0 Å². The van der Waals surface area contributed by atoms with E-state index in [1.54, 1.807) is 0 Å². The molecule has 1 unspecified atom stereocenters. The summed E-state index contributed by atoms with van der Waals surface area (Å²) in [6.07, 6.45) is 6.32. The molecule has 0 fully saturated rings. The van der Waals surface area contributed by atoms with Crippen molar-refractivity contribution in [3.8, 4) is 11.3 Å². The van der Waals surface area contributed by atoms with Crippen LogP contribution in [0.25, 0.3) is 11.3 Å². The number of nitrogens with zero attached hydrogens (tertiary/aromatic N) is 2. The smallest absolute Gasteiger partial charge is 0.0956 e. The van der Waals surface area contributed by atoms with Crippen LogP contribution in [0, 0.1) is 0 Å². The van der Waals surface area contributed by atoms with E-state index in [-0.39, 0.29) is 0 Å². The van der Waals surface area contributed by atoms with Gasteiger partial charge in [-0.3, -0.25) is 0 Å². The van der Waals surface area contributed by atoms with Gasteiger partial charge in [0.25, 0.3) is 0 Å². The fourth-order valence-electron chi connectivity index (χ4n) is 2.50. The van der Waals surface area contributed by atoms with Crippen molar-refractivity contribution < 1.29 is 0 Å². The van der Waals surface area contributed by atoms with Crippen molar-refractivity contribution in [2.24, 2.45) is 0 Å². The van der Waals surface area contributed by atoms with Crippen LogP contribution in [0.4, 0.5) is 0 Å². The zero-order valence-electron chi connectivity index (χ0n) is 8.85. The number of hydrogen-bond donors (Lipinski definition) is 0. The molecule has 2 aromatic rings. The molecule has 76 valence electrons. The van der Waals surface area contributed by atoms with Crippen molar-refractivity contribution >= 4 is 0 Å². The molecule has 0 spiro atoms. The number of hydrogen-bond acceptors (Lipinski definition) is 1. The average molecular weight is 198 g/mol. The molecule has 0 radical (unpaired) electrons. The van der Waals surface area contributed by atoms with Gasteiger partial charge in [-0.25, -0.2) is 4.98 Å². The summed E-state index contributed by atoms with van der Waals surface area (Å²) in [5.41, 5.74) is 4.08. The Morgan fingerprint density at radius 1 is 1.33 bits per heavy atom. The van der Waals surface area contributed by atoms with E-state index < -0.39 is 0 Å². The van der Waals surface area contributed by atoms with Gasteiger partial charge in [-0.05, 0) is 12.0 Å². The minimum absolute atomic E-state index is 0.503. The van der Waals surface area contributed by atoms with Crippen LogP contribution in [0.3, 0.4) is 0 Å². The first-order valence-electron chi connectivity index (χ1n) is 5.53. The highest BCUT2D eigenvalue weighted by molar-refractivity contribution is 5.68. The van der Waals surface area contributed by atoms with E-state index in [9.17, 15) is 0 Å². The van der Waals surface area contributed by atoms with E-state index in [1.807, 2.05) is 12.5 Å². The van der Waals surface area contributed by atoms with Gasteiger partial charge in [0.1, 0.15) is 0 Å². The van der Waals surface area contributed by atoms with E-state index in [2.05, 4.69) is 40.7 Å². The van der Waals surface area contributed by atoms with Crippen LogP contribution < -0.4 is 0 Å². The molecule has 3 rings (SSSR count). The van der Waals surface area contributed by atoms with Crippen molar-refractivity contribution in [3.63, 3.8) is 0 Å². The molecule has 2 heteroatoms. The molecule has 1 atom stereocenters. The van der Waals surface area contributed by atoms with Crippen LogP contribution in [0.1, 0.15) is 31.4 Å². The molecular weight excluding hydrogens is 184 g/mol. The Morgan fingerprint density at radius 2 is 2.20 bits per heavy atom. The first-order valence-corrected chi connectivity index (χ1v) is 5.53. The molecule has 2 nitrogen and oxygen atoms in total. The van der Waals surface area contributed by atoms with E-state index in [0.29, 0.717) is 6.04 Å². The highest BCUT2D eigenvalue weighted by atomic mass is 15.1. The van der Waals surface area contributed by atoms with Crippen LogP contribution in [-0.4, -0.2) is 9.55 Å². The molecule has 0 saturated heterocycles. The van der Waals surface area contributed by atoms with Crippen LogP contribution in [0.15, 0.2) is 36.8 Å². The lowest BCUT2D eigenvalue weighted by atomic mass is 10.0. The minimum Gasteiger partial charge on any atom is -0.323 e. The number of rotatable bonds is 2. The van der Waals surface area contributed by atoms with E-state index in [1.165, 1.54) is 29.7 Å². The Labute approximate surface area is 89.6 Å². The average Bonchev–Trinajstić information content (AvgIpc) is 2.82. The molecular formula is C13H14N2. The largest absolute Gasteiger partial charge is 0.323 e. The highest BCUT2D eigenvalue weighted by Gasteiger charge is 2.26. The lowest BCUT2D eigenvalue weighted by molar-refractivity contribution is 0.555. The molecule has 1 aromatic carbocycles. The summed E-state index contributed by atoms with van der Waals surface area (Å²) in [5.74, 6) is 0. The van der Waals surface area contributed by atoms with E-state index >= 15 is 0 Å². The SMILES string of the molecule is CCCC1c2ccccc2-c2cncn21. The van der Waals surface area contributed by atoms with Crippen LogP contribution in [0.5, 0.6) is 0 Å². The predicted octanol–water partition coefficient (Wildman–Crippen LogP) is 3.25. The third-order valence-electron chi connectivity index (χ3n) is 3.16. The summed E-state index contributed by atoms with van der Waals surface area (Å²) < 4.78 is 2.30. The van der Waals surface area contributed by atoms with Crippen molar-refractivity contribution in [1.82, 2.24) is 9.55 Å². The van der Waals surface area contributed by atoms with Gasteiger partial charge >= 0.3 is 0 Å². The molecule has 15 heavy (non-hydrogen) atoms. The Balaban J connectivity index is 2.19. The summed E-state index contributed by atoms with van der Waals surface area (Å²) in [4.78, 5) is 4.24. The standard InChI is InChI=1S/C13H14N2/c1-2-5-12-10-6-3-4-7-11(10)13-8-14-9-15(12)13/h3-4,6-9,12H,2,5H2,1H3. The van der Waals surface area contributed by atoms with Crippen LogP contribution in [0.2, 0.25) is 0 Å². The molecule has 0 aliphatic carbocycles. The lowest BCUT2D eigenvalue weighted by Crippen LogP contribution is -2.03. The minimum atomic E-state index is 0.503. The van der Waals surface area contributed by atoms with Crippen LogP contribution >= 0.6 is 0 Å². The predicted molar refractivity (Wildman–Crippen MR) is 60.7 cm³/mol. The van der Waals surface area contributed by atoms with Crippen molar-refractivity contribution in [2.75, 3.05) is 0 Å². The molecule has 2 heterocycles. The second kappa shape index (κ2) is 3.23. The maximum Gasteiger partial charge on any atom is 0.0956 e. The Bertz CT molecular complexity index is 485. The van der Waals surface area contributed by atoms with Crippen molar-refractivity contribution in [2.45, 2.75) is 25.8 Å². The van der Waals surface area contributed by atoms with Gasteiger partial charge in [0, 0.05) is 5.56 Å². The first-order chi connectivity index (χ1) is 7.42. The third kappa shape index (κ3) is 1.14. The lowest BCUT2D eigenvalue weighted by Gasteiger charge is -2.12. The Hall–Kier alpha value is -1.57. The second-order valence-corrected chi connectivity index (χ2v) is 4.08. The number of benzene rings is 1. The summed E-state index contributed by atoms with van der Waals surface area (Å²) >= 11 is 0. The molecule has 0 amide bonds. The topological polar surface area (TPSA) is 17.8 Å². The first kappa shape index (κ1) is 8.72. The van der Waals surface area contributed by atoms with E-state index in [4.69, 9.17) is 0 Å². The van der Waals surface area contributed by atoms with Gasteiger partial charge in [-0.15, -0.1) is 0 Å². The Kier molecular flexibility index (Phi) is 1.88. The van der Waals surface area contributed by atoms with Gasteiger partial charge in [0.15, 0.2) is 0 Å². The monoisotopic (exact) mass is 198 g/mol. The zero-order chi connectivity index (χ0) is 10.3. The maximum absolute atomic E-state index is 4.24. The number of fused-ring (bicyclic) bond motifs is 3. The van der Waals surface area contributed by atoms with Crippen molar-refractivity contribution in [3.05, 3.63) is 42.4 Å². The van der Waals surface area contributed by atoms with E-state index in [0.717, 1.165) is 0 Å².